The summed E-state index contributed by atoms with van der Waals surface area (Å²) in [6, 6.07) is 0.00726. The van der Waals surface area contributed by atoms with Crippen molar-refractivity contribution in [3.63, 3.8) is 0 Å². The molecule has 0 aromatic heterocycles. The number of nitrogens with zero attached hydrogens (tertiary/aromatic N) is 1. The largest absolute Gasteiger partial charge is 0.381 e. The molecule has 4 heteroatoms. The summed E-state index contributed by atoms with van der Waals surface area (Å²) >= 11 is 0. The minimum Gasteiger partial charge on any atom is -0.381 e. The lowest BCUT2D eigenvalue weighted by Crippen LogP contribution is -2.40. The summed E-state index contributed by atoms with van der Waals surface area (Å²) in [5.74, 6) is 0.253. The molecule has 1 unspecified atom stereocenters. The zero-order valence-corrected chi connectivity index (χ0v) is 9.16. The molecule has 0 aromatic carbocycles. The molecular formula is C11H18N2O2. The molecule has 0 saturated carbocycles. The Morgan fingerprint density at radius 1 is 1.53 bits per heavy atom. The maximum atomic E-state index is 11.6. The molecule has 2 rings (SSSR count). The molecular weight excluding hydrogens is 192 g/mol. The predicted molar refractivity (Wildman–Crippen MR) is 57.6 cm³/mol. The molecule has 0 radical (unpaired) electrons. The highest BCUT2D eigenvalue weighted by Crippen LogP contribution is 2.10. The van der Waals surface area contributed by atoms with Crippen LogP contribution in [0.5, 0.6) is 0 Å². The summed E-state index contributed by atoms with van der Waals surface area (Å²) < 4.78 is 5.28. The Bertz CT molecular complexity index is 270. The van der Waals surface area contributed by atoms with Crippen molar-refractivity contribution in [3.05, 3.63) is 11.8 Å². The smallest absolute Gasteiger partial charge is 0.182 e. The van der Waals surface area contributed by atoms with Crippen molar-refractivity contribution in [2.75, 3.05) is 32.8 Å². The lowest BCUT2D eigenvalue weighted by atomic mass is 10.1. The van der Waals surface area contributed by atoms with Gasteiger partial charge in [-0.3, -0.25) is 9.69 Å². The van der Waals surface area contributed by atoms with Gasteiger partial charge in [-0.25, -0.2) is 0 Å². The first-order valence-corrected chi connectivity index (χ1v) is 5.54. The van der Waals surface area contributed by atoms with E-state index in [4.69, 9.17) is 4.74 Å². The number of hydrogen-bond acceptors (Lipinski definition) is 4. The van der Waals surface area contributed by atoms with Crippen LogP contribution >= 0.6 is 0 Å². The molecule has 2 aliphatic heterocycles. The lowest BCUT2D eigenvalue weighted by molar-refractivity contribution is -0.116. The first-order chi connectivity index (χ1) is 7.27. The van der Waals surface area contributed by atoms with Gasteiger partial charge in [0.25, 0.3) is 0 Å². The average molecular weight is 210 g/mol. The van der Waals surface area contributed by atoms with E-state index in [2.05, 4.69) is 10.2 Å². The highest BCUT2D eigenvalue weighted by atomic mass is 16.5. The zero-order chi connectivity index (χ0) is 10.7. The van der Waals surface area contributed by atoms with E-state index < -0.39 is 0 Å². The molecule has 84 valence electrons. The number of carbonyl (C=O) groups excluding carboxylic acids is 1. The first-order valence-electron chi connectivity index (χ1n) is 5.54. The van der Waals surface area contributed by atoms with Crippen molar-refractivity contribution < 1.29 is 9.53 Å². The molecule has 1 atom stereocenters. The summed E-state index contributed by atoms with van der Waals surface area (Å²) in [7, 11) is 0. The molecule has 0 amide bonds. The van der Waals surface area contributed by atoms with Crippen molar-refractivity contribution in [3.8, 4) is 0 Å². The average Bonchev–Trinajstić information content (AvgIpc) is 2.59. The van der Waals surface area contributed by atoms with E-state index in [-0.39, 0.29) is 11.8 Å². The third-order valence-corrected chi connectivity index (χ3v) is 3.04. The van der Waals surface area contributed by atoms with E-state index in [0.29, 0.717) is 0 Å². The summed E-state index contributed by atoms with van der Waals surface area (Å²) in [6.07, 6.45) is 2.72. The highest BCUT2D eigenvalue weighted by molar-refractivity contribution is 6.01. The number of morpholine rings is 1. The van der Waals surface area contributed by atoms with Gasteiger partial charge in [-0.15, -0.1) is 0 Å². The molecule has 2 heterocycles. The Kier molecular flexibility index (Phi) is 3.38. The van der Waals surface area contributed by atoms with Crippen molar-refractivity contribution in [2.24, 2.45) is 0 Å². The van der Waals surface area contributed by atoms with Crippen LogP contribution in [0.25, 0.3) is 0 Å². The van der Waals surface area contributed by atoms with Crippen LogP contribution in [0, 0.1) is 0 Å². The van der Waals surface area contributed by atoms with Crippen LogP contribution in [0.1, 0.15) is 13.3 Å². The van der Waals surface area contributed by atoms with Gasteiger partial charge in [-0.1, -0.05) is 0 Å². The summed E-state index contributed by atoms with van der Waals surface area (Å²) in [6.45, 7) is 6.48. The summed E-state index contributed by atoms with van der Waals surface area (Å²) in [5, 5.41) is 3.13. The number of carbonyl (C=O) groups is 1. The lowest BCUT2D eigenvalue weighted by Gasteiger charge is -2.27. The van der Waals surface area contributed by atoms with Gasteiger partial charge in [-0.2, -0.15) is 0 Å². The van der Waals surface area contributed by atoms with Crippen LogP contribution in [-0.4, -0.2) is 49.6 Å². The summed E-state index contributed by atoms with van der Waals surface area (Å²) in [5.41, 5.74) is 0.849. The second-order valence-corrected chi connectivity index (χ2v) is 4.15. The monoisotopic (exact) mass is 210 g/mol. The molecule has 0 aliphatic carbocycles. The number of ether oxygens (including phenoxy) is 1. The van der Waals surface area contributed by atoms with E-state index in [1.807, 2.05) is 13.1 Å². The quantitative estimate of drug-likeness (QED) is 0.720. The second-order valence-electron chi connectivity index (χ2n) is 4.15. The zero-order valence-electron chi connectivity index (χ0n) is 9.16. The molecule has 0 bridgehead atoms. The number of ketones is 1. The van der Waals surface area contributed by atoms with Gasteiger partial charge in [0.2, 0.25) is 0 Å². The molecule has 0 aromatic rings. The predicted octanol–water partition coefficient (Wildman–Crippen LogP) is 0.153. The maximum absolute atomic E-state index is 11.6. The Labute approximate surface area is 90.3 Å². The van der Waals surface area contributed by atoms with Crippen molar-refractivity contribution >= 4 is 5.78 Å². The third kappa shape index (κ3) is 2.58. The van der Waals surface area contributed by atoms with Gasteiger partial charge in [0.05, 0.1) is 19.3 Å². The fourth-order valence-corrected chi connectivity index (χ4v) is 2.00. The van der Waals surface area contributed by atoms with Crippen LogP contribution in [0.15, 0.2) is 11.8 Å². The molecule has 15 heavy (non-hydrogen) atoms. The second kappa shape index (κ2) is 4.77. The van der Waals surface area contributed by atoms with Crippen molar-refractivity contribution in [1.82, 2.24) is 10.2 Å². The van der Waals surface area contributed by atoms with Crippen molar-refractivity contribution in [1.29, 1.82) is 0 Å². The Balaban J connectivity index is 1.72. The number of nitrogens with one attached hydrogen (secondary N) is 1. The van der Waals surface area contributed by atoms with Crippen LogP contribution in [0.3, 0.4) is 0 Å². The van der Waals surface area contributed by atoms with Gasteiger partial charge in [0.15, 0.2) is 5.78 Å². The minimum atomic E-state index is 0.00726. The Morgan fingerprint density at radius 2 is 2.27 bits per heavy atom. The van der Waals surface area contributed by atoms with Crippen LogP contribution < -0.4 is 5.32 Å². The topological polar surface area (TPSA) is 41.6 Å². The Hall–Kier alpha value is -0.870. The van der Waals surface area contributed by atoms with Crippen LogP contribution in [-0.2, 0) is 9.53 Å². The molecule has 0 spiro atoms. The first kappa shape index (κ1) is 10.6. The Morgan fingerprint density at radius 3 is 2.87 bits per heavy atom. The van der Waals surface area contributed by atoms with Crippen LogP contribution in [0.4, 0.5) is 0 Å². The molecule has 1 N–H and O–H groups in total. The van der Waals surface area contributed by atoms with E-state index in [1.54, 1.807) is 0 Å². The molecule has 1 fully saturated rings. The normalized spacial score (nSPS) is 27.7. The highest BCUT2D eigenvalue weighted by Gasteiger charge is 2.24. The molecule has 4 nitrogen and oxygen atoms in total. The maximum Gasteiger partial charge on any atom is 0.182 e. The number of hydrogen-bond donors (Lipinski definition) is 1. The van der Waals surface area contributed by atoms with Gasteiger partial charge >= 0.3 is 0 Å². The van der Waals surface area contributed by atoms with E-state index in [1.165, 1.54) is 0 Å². The summed E-state index contributed by atoms with van der Waals surface area (Å²) in [4.78, 5) is 14.0. The van der Waals surface area contributed by atoms with Gasteiger partial charge < -0.3 is 10.1 Å². The van der Waals surface area contributed by atoms with E-state index in [9.17, 15) is 4.79 Å². The number of rotatable bonds is 3. The van der Waals surface area contributed by atoms with Gasteiger partial charge in [0, 0.05) is 31.4 Å². The van der Waals surface area contributed by atoms with Gasteiger partial charge in [-0.05, 0) is 13.3 Å². The third-order valence-electron chi connectivity index (χ3n) is 3.04. The molecule has 2 aliphatic rings. The van der Waals surface area contributed by atoms with Crippen molar-refractivity contribution in [2.45, 2.75) is 19.4 Å². The number of Topliss-reactive ketones (excluding diaryl/α,β-unsaturated/α-hetero) is 1. The van der Waals surface area contributed by atoms with E-state index >= 15 is 0 Å². The fourth-order valence-electron chi connectivity index (χ4n) is 2.00. The fraction of sp³-hybridized carbons (Fsp3) is 0.727. The van der Waals surface area contributed by atoms with Crippen LogP contribution in [0.2, 0.25) is 0 Å². The minimum absolute atomic E-state index is 0.00726. The van der Waals surface area contributed by atoms with Gasteiger partial charge in [0.1, 0.15) is 0 Å². The SMILES string of the molecule is CC1=CNC(CCN2CCOCC2)C1=O. The molecule has 1 saturated heterocycles. The standard InChI is InChI=1S/C11H18N2O2/c1-9-8-12-10(11(9)14)2-3-13-4-6-15-7-5-13/h8,10,12H,2-7H2,1H3. The van der Waals surface area contributed by atoms with E-state index in [0.717, 1.165) is 44.8 Å².